The molecule has 2 N–H and O–H groups in total. The number of aryl methyl sites for hydroxylation is 1. The highest BCUT2D eigenvalue weighted by Crippen LogP contribution is 2.25. The van der Waals surface area contributed by atoms with Gasteiger partial charge in [-0.1, -0.05) is 12.1 Å². The maximum absolute atomic E-state index is 13.6. The van der Waals surface area contributed by atoms with E-state index in [1.54, 1.807) is 26.2 Å². The molecule has 7 heteroatoms. The molecule has 0 atom stereocenters. The molecule has 0 aromatic heterocycles. The van der Waals surface area contributed by atoms with E-state index in [1.807, 2.05) is 13.0 Å². The van der Waals surface area contributed by atoms with E-state index in [4.69, 9.17) is 4.74 Å². The molecule has 1 saturated carbocycles. The lowest BCUT2D eigenvalue weighted by Gasteiger charge is -2.22. The summed E-state index contributed by atoms with van der Waals surface area (Å²) in [6, 6.07) is 5.99. The molecule has 0 bridgehead atoms. The highest BCUT2D eigenvalue weighted by Gasteiger charge is 2.28. The van der Waals surface area contributed by atoms with Gasteiger partial charge in [0, 0.05) is 39.3 Å². The van der Waals surface area contributed by atoms with Crippen molar-refractivity contribution in [3.63, 3.8) is 0 Å². The lowest BCUT2D eigenvalue weighted by molar-refractivity contribution is 0.144. The van der Waals surface area contributed by atoms with Crippen molar-refractivity contribution in [1.82, 2.24) is 15.5 Å². The molecule has 1 aliphatic rings. The van der Waals surface area contributed by atoms with Crippen LogP contribution in [0.25, 0.3) is 0 Å². The Kier molecular flexibility index (Phi) is 11.1. The molecule has 1 aromatic carbocycles. The maximum atomic E-state index is 13.6. The lowest BCUT2D eigenvalue weighted by Crippen LogP contribution is -2.42. The zero-order valence-electron chi connectivity index (χ0n) is 16.1. The zero-order chi connectivity index (χ0) is 18.1. The molecule has 2 rings (SSSR count). The summed E-state index contributed by atoms with van der Waals surface area (Å²) in [7, 11) is 1.74. The van der Waals surface area contributed by atoms with Crippen molar-refractivity contribution in [3.05, 3.63) is 35.1 Å². The van der Waals surface area contributed by atoms with Crippen molar-refractivity contribution in [3.8, 4) is 0 Å². The Hall–Kier alpha value is -0.930. The number of hydrogen-bond donors (Lipinski definition) is 2. The monoisotopic (exact) mass is 478 g/mol. The van der Waals surface area contributed by atoms with Crippen molar-refractivity contribution >= 4 is 29.9 Å². The molecule has 1 aromatic rings. The van der Waals surface area contributed by atoms with E-state index in [2.05, 4.69) is 20.5 Å². The second kappa shape index (κ2) is 12.5. The van der Waals surface area contributed by atoms with Crippen LogP contribution in [-0.4, -0.2) is 56.8 Å². The largest absolute Gasteiger partial charge is 0.383 e. The predicted octanol–water partition coefficient (Wildman–Crippen LogP) is 2.92. The van der Waals surface area contributed by atoms with Crippen LogP contribution in [-0.2, 0) is 11.3 Å². The van der Waals surface area contributed by atoms with Crippen molar-refractivity contribution in [1.29, 1.82) is 0 Å². The van der Waals surface area contributed by atoms with Crippen LogP contribution in [0.1, 0.15) is 30.9 Å². The van der Waals surface area contributed by atoms with Gasteiger partial charge in [0.05, 0.1) is 13.2 Å². The number of guanidine groups is 1. The van der Waals surface area contributed by atoms with E-state index >= 15 is 0 Å². The van der Waals surface area contributed by atoms with Crippen LogP contribution in [0.3, 0.4) is 0 Å². The topological polar surface area (TPSA) is 48.9 Å². The second-order valence-electron chi connectivity index (χ2n) is 6.47. The number of benzene rings is 1. The minimum absolute atomic E-state index is 0. The standard InChI is InChI=1S/C19H31FN4O.HI/c1-4-21-19(23-14-16-6-5-15(2)18(20)13-16)22-9-10-24(11-12-25-3)17-7-8-17;/h5-6,13,17H,4,7-12,14H2,1-3H3,(H2,21,22,23);1H. The number of ether oxygens (including phenoxy) is 1. The van der Waals surface area contributed by atoms with Gasteiger partial charge in [-0.3, -0.25) is 4.90 Å². The maximum Gasteiger partial charge on any atom is 0.191 e. The number of halogens is 2. The first-order valence-corrected chi connectivity index (χ1v) is 9.14. The van der Waals surface area contributed by atoms with Crippen LogP contribution in [0.2, 0.25) is 0 Å². The third-order valence-electron chi connectivity index (χ3n) is 4.34. The minimum atomic E-state index is -0.177. The first-order chi connectivity index (χ1) is 12.1. The Bertz CT molecular complexity index is 566. The van der Waals surface area contributed by atoms with Crippen LogP contribution in [0, 0.1) is 12.7 Å². The Morgan fingerprint density at radius 3 is 2.69 bits per heavy atom. The van der Waals surface area contributed by atoms with Crippen molar-refractivity contribution < 1.29 is 9.13 Å². The molecule has 0 unspecified atom stereocenters. The molecule has 0 aliphatic heterocycles. The normalized spacial score (nSPS) is 14.3. The van der Waals surface area contributed by atoms with Crippen LogP contribution in [0.4, 0.5) is 4.39 Å². The summed E-state index contributed by atoms with van der Waals surface area (Å²) in [4.78, 5) is 7.03. The van der Waals surface area contributed by atoms with Gasteiger partial charge in [0.2, 0.25) is 0 Å². The van der Waals surface area contributed by atoms with E-state index in [0.29, 0.717) is 18.2 Å². The van der Waals surface area contributed by atoms with Gasteiger partial charge in [0.15, 0.2) is 5.96 Å². The van der Waals surface area contributed by atoms with E-state index in [9.17, 15) is 4.39 Å². The fourth-order valence-electron chi connectivity index (χ4n) is 2.69. The quantitative estimate of drug-likeness (QED) is 0.309. The number of aliphatic imine (C=N–C) groups is 1. The van der Waals surface area contributed by atoms with Crippen LogP contribution in [0.5, 0.6) is 0 Å². The molecule has 0 amide bonds. The van der Waals surface area contributed by atoms with E-state index in [-0.39, 0.29) is 29.8 Å². The first kappa shape index (κ1) is 23.1. The third kappa shape index (κ3) is 8.18. The Labute approximate surface area is 173 Å². The fraction of sp³-hybridized carbons (Fsp3) is 0.632. The molecule has 0 heterocycles. The summed E-state index contributed by atoms with van der Waals surface area (Å²) < 4.78 is 18.8. The van der Waals surface area contributed by atoms with E-state index in [0.717, 1.165) is 44.3 Å². The summed E-state index contributed by atoms with van der Waals surface area (Å²) in [5, 5.41) is 6.61. The SMILES string of the molecule is CCNC(=NCc1ccc(C)c(F)c1)NCCN(CCOC)C1CC1.I. The Morgan fingerprint density at radius 1 is 1.31 bits per heavy atom. The van der Waals surface area contributed by atoms with Gasteiger partial charge in [0.1, 0.15) is 5.82 Å². The fourth-order valence-corrected chi connectivity index (χ4v) is 2.69. The summed E-state index contributed by atoms with van der Waals surface area (Å²) in [6.45, 7) is 8.60. The molecule has 26 heavy (non-hydrogen) atoms. The van der Waals surface area contributed by atoms with Gasteiger partial charge in [-0.05, 0) is 43.9 Å². The molecule has 0 radical (unpaired) electrons. The summed E-state index contributed by atoms with van der Waals surface area (Å²) >= 11 is 0. The molecule has 0 spiro atoms. The molecule has 0 saturated heterocycles. The molecule has 1 fully saturated rings. The molecular formula is C19H32FIN4O. The van der Waals surface area contributed by atoms with Gasteiger partial charge >= 0.3 is 0 Å². The third-order valence-corrected chi connectivity index (χ3v) is 4.34. The number of rotatable bonds is 10. The van der Waals surface area contributed by atoms with Gasteiger partial charge in [-0.15, -0.1) is 24.0 Å². The van der Waals surface area contributed by atoms with Crippen molar-refractivity contribution in [2.75, 3.05) is 39.9 Å². The Balaban J connectivity index is 0.00000338. The molecule has 1 aliphatic carbocycles. The van der Waals surface area contributed by atoms with Crippen LogP contribution < -0.4 is 10.6 Å². The van der Waals surface area contributed by atoms with Gasteiger partial charge < -0.3 is 15.4 Å². The van der Waals surface area contributed by atoms with E-state index < -0.39 is 0 Å². The average molecular weight is 478 g/mol. The Morgan fingerprint density at radius 2 is 2.08 bits per heavy atom. The summed E-state index contributed by atoms with van der Waals surface area (Å²) in [5.41, 5.74) is 1.54. The highest BCUT2D eigenvalue weighted by molar-refractivity contribution is 14.0. The second-order valence-corrected chi connectivity index (χ2v) is 6.47. The first-order valence-electron chi connectivity index (χ1n) is 9.14. The summed E-state index contributed by atoms with van der Waals surface area (Å²) in [5.74, 6) is 0.592. The zero-order valence-corrected chi connectivity index (χ0v) is 18.4. The number of nitrogens with zero attached hydrogens (tertiary/aromatic N) is 2. The van der Waals surface area contributed by atoms with E-state index in [1.165, 1.54) is 12.8 Å². The smallest absolute Gasteiger partial charge is 0.191 e. The van der Waals surface area contributed by atoms with Gasteiger partial charge in [0.25, 0.3) is 0 Å². The van der Waals surface area contributed by atoms with Crippen LogP contribution >= 0.6 is 24.0 Å². The summed E-state index contributed by atoms with van der Waals surface area (Å²) in [6.07, 6.45) is 2.58. The van der Waals surface area contributed by atoms with Crippen molar-refractivity contribution in [2.45, 2.75) is 39.3 Å². The number of hydrogen-bond acceptors (Lipinski definition) is 3. The highest BCUT2D eigenvalue weighted by atomic mass is 127. The predicted molar refractivity (Wildman–Crippen MR) is 116 cm³/mol. The molecule has 148 valence electrons. The lowest BCUT2D eigenvalue weighted by atomic mass is 10.1. The number of methoxy groups -OCH3 is 1. The number of nitrogens with one attached hydrogen (secondary N) is 2. The average Bonchev–Trinajstić information content (AvgIpc) is 3.43. The van der Waals surface area contributed by atoms with Gasteiger partial charge in [-0.2, -0.15) is 0 Å². The van der Waals surface area contributed by atoms with Gasteiger partial charge in [-0.25, -0.2) is 9.38 Å². The molecular weight excluding hydrogens is 446 g/mol. The van der Waals surface area contributed by atoms with Crippen molar-refractivity contribution in [2.24, 2.45) is 4.99 Å². The van der Waals surface area contributed by atoms with Crippen LogP contribution in [0.15, 0.2) is 23.2 Å². The molecule has 5 nitrogen and oxygen atoms in total. The minimum Gasteiger partial charge on any atom is -0.383 e.